The number of nitrogens with zero attached hydrogens (tertiary/aromatic N) is 7. The SMILES string of the molecule is COC(=O)c1nc(Cn2nc(-c3ccc(Cl)cc3)n(CC(O)C(F)(F)F)c2=O)nn1-c1ncccc1OC. The lowest BCUT2D eigenvalue weighted by atomic mass is 10.2. The normalized spacial score (nSPS) is 12.4. The van der Waals surface area contributed by atoms with Crippen LogP contribution >= 0.6 is 11.6 Å². The fourth-order valence-electron chi connectivity index (χ4n) is 3.42. The van der Waals surface area contributed by atoms with Crippen molar-refractivity contribution in [1.82, 2.24) is 34.1 Å². The van der Waals surface area contributed by atoms with Crippen molar-refractivity contribution in [2.24, 2.45) is 0 Å². The summed E-state index contributed by atoms with van der Waals surface area (Å²) in [5.74, 6) is -1.08. The van der Waals surface area contributed by atoms with Crippen molar-refractivity contribution in [1.29, 1.82) is 0 Å². The Morgan fingerprint density at radius 3 is 2.50 bits per heavy atom. The number of carbonyl (C=O) groups is 1. The van der Waals surface area contributed by atoms with Crippen LogP contribution in [-0.4, -0.2) is 71.7 Å². The molecule has 0 spiro atoms. The summed E-state index contributed by atoms with van der Waals surface area (Å²) in [6.07, 6.45) is -6.38. The lowest BCUT2D eigenvalue weighted by molar-refractivity contribution is -0.207. The second-order valence-electron chi connectivity index (χ2n) is 7.72. The van der Waals surface area contributed by atoms with E-state index in [-0.39, 0.29) is 34.6 Å². The topological polar surface area (TPSA) is 139 Å². The second-order valence-corrected chi connectivity index (χ2v) is 8.16. The summed E-state index contributed by atoms with van der Waals surface area (Å²) in [5.41, 5.74) is -0.712. The van der Waals surface area contributed by atoms with Crippen LogP contribution in [0.1, 0.15) is 16.4 Å². The Labute approximate surface area is 216 Å². The molecule has 12 nitrogen and oxygen atoms in total. The van der Waals surface area contributed by atoms with Gasteiger partial charge in [0.15, 0.2) is 29.3 Å². The standard InChI is InChI=1S/C22H19ClF3N7O5/c1-37-14-4-3-9-27-18(14)33-19(20(35)38-2)28-16(29-33)11-32-21(36)31(10-15(34)22(24,25)26)17(30-32)12-5-7-13(23)8-6-12/h3-9,15,34H,10-11H2,1-2H3. The highest BCUT2D eigenvalue weighted by Gasteiger charge is 2.39. The van der Waals surface area contributed by atoms with Crippen molar-refractivity contribution in [3.05, 3.63) is 69.8 Å². The van der Waals surface area contributed by atoms with Crippen LogP contribution in [0.2, 0.25) is 5.02 Å². The first-order chi connectivity index (χ1) is 18.0. The number of halogens is 4. The number of ether oxygens (including phenoxy) is 2. The van der Waals surface area contributed by atoms with E-state index >= 15 is 0 Å². The van der Waals surface area contributed by atoms with Crippen molar-refractivity contribution in [3.63, 3.8) is 0 Å². The number of hydrogen-bond donors (Lipinski definition) is 1. The van der Waals surface area contributed by atoms with Gasteiger partial charge in [-0.3, -0.25) is 4.57 Å². The largest absolute Gasteiger partial charge is 0.493 e. The molecule has 0 amide bonds. The minimum Gasteiger partial charge on any atom is -0.493 e. The number of benzene rings is 1. The Bertz CT molecular complexity index is 1520. The Kier molecular flexibility index (Phi) is 7.50. The highest BCUT2D eigenvalue weighted by atomic mass is 35.5. The zero-order valence-electron chi connectivity index (χ0n) is 19.8. The molecule has 0 fully saturated rings. The van der Waals surface area contributed by atoms with E-state index < -0.39 is 37.0 Å². The highest BCUT2D eigenvalue weighted by molar-refractivity contribution is 6.30. The summed E-state index contributed by atoms with van der Waals surface area (Å²) in [6.45, 7) is -1.55. The Balaban J connectivity index is 1.80. The first-order valence-electron chi connectivity index (χ1n) is 10.8. The van der Waals surface area contributed by atoms with Gasteiger partial charge in [-0.25, -0.2) is 24.2 Å². The zero-order chi connectivity index (χ0) is 27.6. The minimum atomic E-state index is -4.98. The third-order valence-corrected chi connectivity index (χ3v) is 5.49. The molecule has 38 heavy (non-hydrogen) atoms. The van der Waals surface area contributed by atoms with Gasteiger partial charge in [0, 0.05) is 16.8 Å². The third kappa shape index (κ3) is 5.38. The monoisotopic (exact) mass is 553 g/mol. The summed E-state index contributed by atoms with van der Waals surface area (Å²) in [4.78, 5) is 33.8. The van der Waals surface area contributed by atoms with Crippen LogP contribution < -0.4 is 10.4 Å². The average Bonchev–Trinajstić information content (AvgIpc) is 3.45. The molecule has 0 aliphatic carbocycles. The molecule has 0 saturated carbocycles. The number of carbonyl (C=O) groups excluding carboxylic acids is 1. The molecule has 1 unspecified atom stereocenters. The summed E-state index contributed by atoms with van der Waals surface area (Å²) in [5, 5.41) is 18.4. The third-order valence-electron chi connectivity index (χ3n) is 5.24. The van der Waals surface area contributed by atoms with Crippen LogP contribution in [0.5, 0.6) is 5.75 Å². The quantitative estimate of drug-likeness (QED) is 0.325. The molecule has 0 aliphatic heterocycles. The summed E-state index contributed by atoms with van der Waals surface area (Å²) in [6, 6.07) is 9.02. The lowest BCUT2D eigenvalue weighted by Crippen LogP contribution is -2.37. The molecule has 3 aromatic heterocycles. The van der Waals surface area contributed by atoms with E-state index in [1.165, 1.54) is 37.6 Å². The van der Waals surface area contributed by atoms with Gasteiger partial charge in [0.05, 0.1) is 20.8 Å². The van der Waals surface area contributed by atoms with Gasteiger partial charge in [-0.1, -0.05) is 11.6 Å². The highest BCUT2D eigenvalue weighted by Crippen LogP contribution is 2.24. The van der Waals surface area contributed by atoms with Crippen LogP contribution in [0.15, 0.2) is 47.4 Å². The Morgan fingerprint density at radius 1 is 1.16 bits per heavy atom. The molecule has 0 saturated heterocycles. The van der Waals surface area contributed by atoms with Crippen LogP contribution in [0.25, 0.3) is 17.2 Å². The van der Waals surface area contributed by atoms with Crippen molar-refractivity contribution < 1.29 is 32.5 Å². The van der Waals surface area contributed by atoms with E-state index in [2.05, 4.69) is 20.2 Å². The molecule has 4 rings (SSSR count). The van der Waals surface area contributed by atoms with Gasteiger partial charge in [0.25, 0.3) is 0 Å². The summed E-state index contributed by atoms with van der Waals surface area (Å²) < 4.78 is 51.8. The molecule has 0 bridgehead atoms. The molecule has 0 aliphatic rings. The summed E-state index contributed by atoms with van der Waals surface area (Å²) in [7, 11) is 2.52. The fourth-order valence-corrected chi connectivity index (χ4v) is 3.55. The molecule has 4 aromatic rings. The van der Waals surface area contributed by atoms with E-state index in [1.807, 2.05) is 0 Å². The molecular weight excluding hydrogens is 535 g/mol. The maximum atomic E-state index is 13.1. The number of aliphatic hydroxyl groups is 1. The predicted octanol–water partition coefficient (Wildman–Crippen LogP) is 2.11. The Morgan fingerprint density at radius 2 is 1.87 bits per heavy atom. The molecule has 200 valence electrons. The minimum absolute atomic E-state index is 0.0992. The maximum absolute atomic E-state index is 13.1. The number of hydrogen-bond acceptors (Lipinski definition) is 9. The molecule has 1 aromatic carbocycles. The van der Waals surface area contributed by atoms with Gasteiger partial charge in [-0.15, -0.1) is 10.2 Å². The van der Waals surface area contributed by atoms with Gasteiger partial charge in [0.1, 0.15) is 6.54 Å². The fraction of sp³-hybridized carbons (Fsp3) is 0.273. The first kappa shape index (κ1) is 26.8. The van der Waals surface area contributed by atoms with Gasteiger partial charge < -0.3 is 14.6 Å². The molecular formula is C22H19ClF3N7O5. The maximum Gasteiger partial charge on any atom is 0.416 e. The van der Waals surface area contributed by atoms with E-state index in [0.717, 1.165) is 16.5 Å². The molecule has 16 heteroatoms. The number of rotatable bonds is 8. The number of aromatic nitrogens is 7. The smallest absolute Gasteiger partial charge is 0.416 e. The molecule has 1 N–H and O–H groups in total. The number of methoxy groups -OCH3 is 2. The predicted molar refractivity (Wildman–Crippen MR) is 125 cm³/mol. The first-order valence-corrected chi connectivity index (χ1v) is 11.1. The van der Waals surface area contributed by atoms with Crippen LogP contribution in [-0.2, 0) is 17.8 Å². The van der Waals surface area contributed by atoms with Gasteiger partial charge >= 0.3 is 17.8 Å². The number of pyridine rings is 1. The van der Waals surface area contributed by atoms with Gasteiger partial charge in [0.2, 0.25) is 5.82 Å². The van der Waals surface area contributed by atoms with Crippen molar-refractivity contribution in [2.75, 3.05) is 14.2 Å². The van der Waals surface area contributed by atoms with Crippen LogP contribution in [0, 0.1) is 0 Å². The lowest BCUT2D eigenvalue weighted by Gasteiger charge is -2.15. The van der Waals surface area contributed by atoms with E-state index in [4.69, 9.17) is 21.1 Å². The second kappa shape index (κ2) is 10.6. The van der Waals surface area contributed by atoms with E-state index in [9.17, 15) is 27.9 Å². The van der Waals surface area contributed by atoms with Crippen LogP contribution in [0.4, 0.5) is 13.2 Å². The molecule has 3 heterocycles. The van der Waals surface area contributed by atoms with Crippen LogP contribution in [0.3, 0.4) is 0 Å². The number of alkyl halides is 3. The average molecular weight is 554 g/mol. The van der Waals surface area contributed by atoms with Crippen molar-refractivity contribution >= 4 is 17.6 Å². The van der Waals surface area contributed by atoms with E-state index in [0.29, 0.717) is 9.59 Å². The number of esters is 1. The zero-order valence-corrected chi connectivity index (χ0v) is 20.5. The van der Waals surface area contributed by atoms with Gasteiger partial charge in [-0.2, -0.15) is 17.9 Å². The number of aliphatic hydroxyl groups excluding tert-OH is 1. The Hall–Kier alpha value is -4.24. The van der Waals surface area contributed by atoms with E-state index in [1.54, 1.807) is 12.1 Å². The molecule has 1 atom stereocenters. The summed E-state index contributed by atoms with van der Waals surface area (Å²) >= 11 is 5.90. The van der Waals surface area contributed by atoms with Crippen molar-refractivity contribution in [2.45, 2.75) is 25.4 Å². The van der Waals surface area contributed by atoms with Gasteiger partial charge in [-0.05, 0) is 36.4 Å². The molecule has 0 radical (unpaired) electrons. The van der Waals surface area contributed by atoms with Crippen molar-refractivity contribution in [3.8, 4) is 23.0 Å².